The van der Waals surface area contributed by atoms with Crippen LogP contribution in [0.2, 0.25) is 0 Å². The van der Waals surface area contributed by atoms with Crippen LogP contribution >= 0.6 is 12.4 Å². The van der Waals surface area contributed by atoms with Gasteiger partial charge in [-0.1, -0.05) is 13.8 Å². The third kappa shape index (κ3) is 3.72. The largest absolute Gasteiger partial charge is 0.378 e. The van der Waals surface area contributed by atoms with E-state index in [0.29, 0.717) is 6.04 Å². The highest BCUT2D eigenvalue weighted by Crippen LogP contribution is 2.08. The number of ether oxygens (including phenoxy) is 1. The highest BCUT2D eigenvalue weighted by Gasteiger charge is 2.18. The summed E-state index contributed by atoms with van der Waals surface area (Å²) in [5.74, 6) is 0. The van der Waals surface area contributed by atoms with Crippen LogP contribution in [0.1, 0.15) is 20.3 Å². The van der Waals surface area contributed by atoms with E-state index in [4.69, 9.17) is 4.74 Å². The average molecular weight is 194 g/mol. The Hall–Kier alpha value is 0.170. The van der Waals surface area contributed by atoms with Gasteiger partial charge in [-0.25, -0.2) is 0 Å². The zero-order chi connectivity index (χ0) is 7.40. The minimum Gasteiger partial charge on any atom is -0.378 e. The lowest BCUT2D eigenvalue weighted by molar-refractivity contribution is -0.00586. The minimum atomic E-state index is 0. The molecule has 1 fully saturated rings. The molecule has 4 heteroatoms. The summed E-state index contributed by atoms with van der Waals surface area (Å²) in [6.45, 7) is 8.58. The topological polar surface area (TPSA) is 43.0 Å². The first-order valence-corrected chi connectivity index (χ1v) is 4.20. The van der Waals surface area contributed by atoms with E-state index in [1.54, 1.807) is 0 Å². The van der Waals surface area contributed by atoms with Crippen LogP contribution in [0.25, 0.3) is 0 Å². The Kier molecular flexibility index (Phi) is 9.54. The molecule has 0 amide bonds. The maximum atomic E-state index is 5.36. The van der Waals surface area contributed by atoms with Gasteiger partial charge in [0.1, 0.15) is 0 Å². The Balaban J connectivity index is 0. The molecule has 1 aliphatic heterocycles. The Morgan fingerprint density at radius 3 is 2.50 bits per heavy atom. The molecule has 73 valence electrons. The fraction of sp³-hybridized carbons (Fsp3) is 1.00. The molecular weight excluding hydrogens is 176 g/mol. The summed E-state index contributed by atoms with van der Waals surface area (Å²) in [4.78, 5) is 2.49. The number of likely N-dealkylation sites (N-methyl/N-ethyl adjacent to an activating group) is 1. The number of hydrogen-bond donors (Lipinski definition) is 0. The van der Waals surface area contributed by atoms with Crippen molar-refractivity contribution in [3.8, 4) is 0 Å². The van der Waals surface area contributed by atoms with Gasteiger partial charge in [0.25, 0.3) is 0 Å². The van der Waals surface area contributed by atoms with Crippen LogP contribution in [0.15, 0.2) is 0 Å². The number of morpholine rings is 1. The number of halogens is 1. The fourth-order valence-electron chi connectivity index (χ4n) is 1.48. The van der Waals surface area contributed by atoms with Gasteiger partial charge < -0.3 is 4.74 Å². The monoisotopic (exact) mass is 193 g/mol. The Bertz CT molecular complexity index is 91.1. The van der Waals surface area contributed by atoms with E-state index in [9.17, 15) is 0 Å². The van der Waals surface area contributed by atoms with E-state index in [0.717, 1.165) is 19.8 Å². The standard InChI is InChI=1S/C8H17NO.ClH.N/c1-3-8-7-10-6-5-9(8)4-2;;/h8H,3-7H2,1-2H3;1H;. The van der Waals surface area contributed by atoms with Gasteiger partial charge in [-0.15, -0.1) is 12.4 Å². The molecule has 1 rings (SSSR count). The van der Waals surface area contributed by atoms with Crippen molar-refractivity contribution in [2.75, 3.05) is 26.3 Å². The molecule has 0 aromatic rings. The van der Waals surface area contributed by atoms with Crippen LogP contribution in [0.4, 0.5) is 0 Å². The maximum absolute atomic E-state index is 5.36. The molecule has 1 saturated heterocycles. The van der Waals surface area contributed by atoms with Crippen LogP contribution in [0, 0.1) is 0 Å². The zero-order valence-corrected chi connectivity index (χ0v) is 8.64. The second-order valence-corrected chi connectivity index (χ2v) is 2.77. The van der Waals surface area contributed by atoms with Crippen LogP contribution in [0.5, 0.6) is 0 Å². The SMILES string of the molecule is CCC1COCCN1CC.Cl.[N]. The summed E-state index contributed by atoms with van der Waals surface area (Å²) in [6, 6.07) is 0.679. The molecule has 1 unspecified atom stereocenters. The first-order valence-electron chi connectivity index (χ1n) is 4.20. The van der Waals surface area contributed by atoms with Crippen molar-refractivity contribution in [2.24, 2.45) is 0 Å². The summed E-state index contributed by atoms with van der Waals surface area (Å²) < 4.78 is 5.36. The van der Waals surface area contributed by atoms with Crippen LogP contribution in [0.3, 0.4) is 0 Å². The first kappa shape index (κ1) is 14.7. The van der Waals surface area contributed by atoms with Crippen molar-refractivity contribution in [3.63, 3.8) is 0 Å². The Morgan fingerprint density at radius 2 is 2.08 bits per heavy atom. The van der Waals surface area contributed by atoms with Gasteiger partial charge in [-0.3, -0.25) is 4.90 Å². The van der Waals surface area contributed by atoms with Gasteiger partial charge in [0.05, 0.1) is 13.2 Å². The molecule has 1 heterocycles. The van der Waals surface area contributed by atoms with E-state index < -0.39 is 0 Å². The molecule has 0 saturated carbocycles. The molecule has 0 aromatic carbocycles. The molecule has 3 radical (unpaired) electrons. The molecule has 1 aliphatic rings. The van der Waals surface area contributed by atoms with E-state index in [1.165, 1.54) is 13.0 Å². The molecule has 1 atom stereocenters. The second-order valence-electron chi connectivity index (χ2n) is 2.77. The minimum absolute atomic E-state index is 0. The van der Waals surface area contributed by atoms with E-state index in [-0.39, 0.29) is 18.6 Å². The smallest absolute Gasteiger partial charge is 0.0622 e. The molecule has 0 N–H and O–H groups in total. The van der Waals surface area contributed by atoms with Gasteiger partial charge in [-0.2, -0.15) is 0 Å². The lowest BCUT2D eigenvalue weighted by atomic mass is 10.2. The van der Waals surface area contributed by atoms with E-state index in [2.05, 4.69) is 18.7 Å². The van der Waals surface area contributed by atoms with Crippen molar-refractivity contribution >= 4 is 12.4 Å². The van der Waals surface area contributed by atoms with Crippen molar-refractivity contribution in [2.45, 2.75) is 26.3 Å². The third-order valence-corrected chi connectivity index (χ3v) is 2.23. The van der Waals surface area contributed by atoms with Gasteiger partial charge in [0, 0.05) is 18.7 Å². The highest BCUT2D eigenvalue weighted by molar-refractivity contribution is 5.85. The number of rotatable bonds is 2. The molecular formula is C8H18ClN2O. The molecule has 0 aliphatic carbocycles. The van der Waals surface area contributed by atoms with E-state index >= 15 is 0 Å². The van der Waals surface area contributed by atoms with Crippen molar-refractivity contribution < 1.29 is 4.74 Å². The Morgan fingerprint density at radius 1 is 1.42 bits per heavy atom. The summed E-state index contributed by atoms with van der Waals surface area (Å²) in [5, 5.41) is 0. The van der Waals surface area contributed by atoms with Crippen molar-refractivity contribution in [3.05, 3.63) is 0 Å². The van der Waals surface area contributed by atoms with Gasteiger partial charge in [0.2, 0.25) is 0 Å². The lowest BCUT2D eigenvalue weighted by Crippen LogP contribution is -2.44. The summed E-state index contributed by atoms with van der Waals surface area (Å²) >= 11 is 0. The highest BCUT2D eigenvalue weighted by atomic mass is 35.5. The fourth-order valence-corrected chi connectivity index (χ4v) is 1.48. The van der Waals surface area contributed by atoms with Crippen molar-refractivity contribution in [1.82, 2.24) is 11.1 Å². The normalized spacial score (nSPS) is 24.0. The summed E-state index contributed by atoms with van der Waals surface area (Å²) in [6.07, 6.45) is 1.22. The predicted molar refractivity (Wildman–Crippen MR) is 51.5 cm³/mol. The predicted octanol–water partition coefficient (Wildman–Crippen LogP) is 1.06. The maximum Gasteiger partial charge on any atom is 0.0622 e. The zero-order valence-electron chi connectivity index (χ0n) is 7.82. The van der Waals surface area contributed by atoms with Crippen molar-refractivity contribution in [1.29, 1.82) is 0 Å². The molecule has 12 heavy (non-hydrogen) atoms. The van der Waals surface area contributed by atoms with Crippen LogP contribution < -0.4 is 6.15 Å². The third-order valence-electron chi connectivity index (χ3n) is 2.23. The van der Waals surface area contributed by atoms with Gasteiger partial charge in [-0.05, 0) is 13.0 Å². The Labute approximate surface area is 81.5 Å². The number of nitrogens with zero attached hydrogens (tertiary/aromatic N) is 2. The molecule has 0 spiro atoms. The average Bonchev–Trinajstić information content (AvgIpc) is 2.04. The molecule has 0 bridgehead atoms. The van der Waals surface area contributed by atoms with E-state index in [1.807, 2.05) is 0 Å². The van der Waals surface area contributed by atoms with Crippen LogP contribution in [-0.4, -0.2) is 37.2 Å². The van der Waals surface area contributed by atoms with Crippen LogP contribution in [-0.2, 0) is 4.74 Å². The lowest BCUT2D eigenvalue weighted by Gasteiger charge is -2.33. The van der Waals surface area contributed by atoms with Gasteiger partial charge >= 0.3 is 0 Å². The quantitative estimate of drug-likeness (QED) is 0.658. The summed E-state index contributed by atoms with van der Waals surface area (Å²) in [5.41, 5.74) is 0. The number of hydrogen-bond acceptors (Lipinski definition) is 2. The second kappa shape index (κ2) is 7.80. The summed E-state index contributed by atoms with van der Waals surface area (Å²) in [7, 11) is 0. The molecule has 0 aromatic heterocycles. The first-order chi connectivity index (χ1) is 4.88. The molecule has 3 nitrogen and oxygen atoms in total. The van der Waals surface area contributed by atoms with Gasteiger partial charge in [0.15, 0.2) is 0 Å².